The summed E-state index contributed by atoms with van der Waals surface area (Å²) in [6.07, 6.45) is -0.418. The Kier molecular flexibility index (Phi) is 7.20. The Morgan fingerprint density at radius 3 is 1.71 bits per heavy atom. The molecule has 0 aliphatic heterocycles. The van der Waals surface area contributed by atoms with Crippen molar-refractivity contribution in [1.29, 1.82) is 0 Å². The molecule has 0 aliphatic carbocycles. The second-order valence-electron chi connectivity index (χ2n) is 7.01. The van der Waals surface area contributed by atoms with Crippen molar-refractivity contribution in [1.82, 2.24) is 4.90 Å². The van der Waals surface area contributed by atoms with Crippen molar-refractivity contribution >= 4 is 5.69 Å². The molecule has 0 amide bonds. The van der Waals surface area contributed by atoms with Crippen LogP contribution in [0.25, 0.3) is 0 Å². The molecule has 1 N–H and O–H groups in total. The molecule has 0 heterocycles. The molecule has 0 spiro atoms. The zero-order chi connectivity index (χ0) is 16.0. The molecule has 0 radical (unpaired) electrons. The Bertz CT molecular complexity index is 388. The zero-order valence-corrected chi connectivity index (χ0v) is 14.5. The fourth-order valence-electron chi connectivity index (χ4n) is 2.60. The average molecular weight is 292 g/mol. The fourth-order valence-corrected chi connectivity index (χ4v) is 2.60. The van der Waals surface area contributed by atoms with Crippen LogP contribution in [0.1, 0.15) is 39.4 Å². The molecule has 0 saturated carbocycles. The van der Waals surface area contributed by atoms with Crippen molar-refractivity contribution in [3.05, 3.63) is 29.8 Å². The first kappa shape index (κ1) is 18.0. The third kappa shape index (κ3) is 6.49. The Labute approximate surface area is 130 Å². The smallest absolute Gasteiger partial charge is 0.0916 e. The molecule has 3 nitrogen and oxygen atoms in total. The summed E-state index contributed by atoms with van der Waals surface area (Å²) in [5, 5.41) is 10.5. The molecule has 0 saturated heterocycles. The Hall–Kier alpha value is -1.06. The van der Waals surface area contributed by atoms with E-state index < -0.39 is 6.10 Å². The number of hydrogen-bond donors (Lipinski definition) is 1. The molecule has 21 heavy (non-hydrogen) atoms. The maximum Gasteiger partial charge on any atom is 0.0916 e. The van der Waals surface area contributed by atoms with Gasteiger partial charge >= 0.3 is 0 Å². The molecule has 1 unspecified atom stereocenters. The van der Waals surface area contributed by atoms with Gasteiger partial charge in [0.2, 0.25) is 0 Å². The molecule has 1 aromatic rings. The van der Waals surface area contributed by atoms with Gasteiger partial charge in [-0.05, 0) is 29.5 Å². The van der Waals surface area contributed by atoms with Gasteiger partial charge in [-0.1, -0.05) is 39.8 Å². The molecular weight excluding hydrogens is 260 g/mol. The SMILES string of the molecule is CC(C)CN(CC(C)C)CC(O)c1ccc(N(C)C)cc1. The second-order valence-corrected chi connectivity index (χ2v) is 7.01. The molecule has 0 aliphatic rings. The van der Waals surface area contributed by atoms with Crippen molar-refractivity contribution in [3.63, 3.8) is 0 Å². The van der Waals surface area contributed by atoms with E-state index in [4.69, 9.17) is 0 Å². The van der Waals surface area contributed by atoms with Crippen LogP contribution in [0.2, 0.25) is 0 Å². The minimum atomic E-state index is -0.418. The van der Waals surface area contributed by atoms with Crippen LogP contribution in [0.15, 0.2) is 24.3 Å². The van der Waals surface area contributed by atoms with Crippen LogP contribution in [0.3, 0.4) is 0 Å². The van der Waals surface area contributed by atoms with Crippen molar-refractivity contribution in [3.8, 4) is 0 Å². The minimum Gasteiger partial charge on any atom is -0.387 e. The van der Waals surface area contributed by atoms with E-state index in [-0.39, 0.29) is 0 Å². The number of hydrogen-bond acceptors (Lipinski definition) is 3. The predicted molar refractivity (Wildman–Crippen MR) is 91.8 cm³/mol. The van der Waals surface area contributed by atoms with Gasteiger partial charge in [-0.25, -0.2) is 0 Å². The summed E-state index contributed by atoms with van der Waals surface area (Å²) in [6.45, 7) is 11.7. The van der Waals surface area contributed by atoms with E-state index in [1.807, 2.05) is 26.2 Å². The molecule has 1 atom stereocenters. The monoisotopic (exact) mass is 292 g/mol. The second kappa shape index (κ2) is 8.40. The van der Waals surface area contributed by atoms with Crippen LogP contribution in [0, 0.1) is 11.8 Å². The zero-order valence-electron chi connectivity index (χ0n) is 14.5. The quantitative estimate of drug-likeness (QED) is 0.795. The molecule has 0 aromatic heterocycles. The summed E-state index contributed by atoms with van der Waals surface area (Å²) in [5.74, 6) is 1.24. The van der Waals surface area contributed by atoms with E-state index in [0.29, 0.717) is 18.4 Å². The van der Waals surface area contributed by atoms with Gasteiger partial charge in [0.1, 0.15) is 0 Å². The van der Waals surface area contributed by atoms with Gasteiger partial charge in [-0.3, -0.25) is 4.90 Å². The lowest BCUT2D eigenvalue weighted by molar-refractivity contribution is 0.0987. The molecule has 1 aromatic carbocycles. The van der Waals surface area contributed by atoms with E-state index in [1.54, 1.807) is 0 Å². The standard InChI is InChI=1S/C18H32N2O/c1-14(2)11-20(12-15(3)4)13-18(21)16-7-9-17(10-8-16)19(5)6/h7-10,14-15,18,21H,11-13H2,1-6H3. The van der Waals surface area contributed by atoms with E-state index in [2.05, 4.69) is 49.6 Å². The van der Waals surface area contributed by atoms with Gasteiger partial charge in [0.25, 0.3) is 0 Å². The van der Waals surface area contributed by atoms with Gasteiger partial charge in [-0.2, -0.15) is 0 Å². The number of nitrogens with zero attached hydrogens (tertiary/aromatic N) is 2. The molecule has 0 fully saturated rings. The van der Waals surface area contributed by atoms with E-state index >= 15 is 0 Å². The van der Waals surface area contributed by atoms with Crippen LogP contribution < -0.4 is 4.90 Å². The fraction of sp³-hybridized carbons (Fsp3) is 0.667. The van der Waals surface area contributed by atoms with Gasteiger partial charge in [0.05, 0.1) is 6.10 Å². The maximum atomic E-state index is 10.5. The summed E-state index contributed by atoms with van der Waals surface area (Å²) in [6, 6.07) is 8.19. The van der Waals surface area contributed by atoms with Crippen molar-refractivity contribution < 1.29 is 5.11 Å². The molecule has 3 heteroatoms. The van der Waals surface area contributed by atoms with Crippen LogP contribution in [-0.2, 0) is 0 Å². The third-order valence-electron chi connectivity index (χ3n) is 3.47. The minimum absolute atomic E-state index is 0.418. The molecule has 0 bridgehead atoms. The number of anilines is 1. The summed E-state index contributed by atoms with van der Waals surface area (Å²) < 4.78 is 0. The topological polar surface area (TPSA) is 26.7 Å². The highest BCUT2D eigenvalue weighted by molar-refractivity contribution is 5.46. The van der Waals surface area contributed by atoms with Crippen molar-refractivity contribution in [2.24, 2.45) is 11.8 Å². The van der Waals surface area contributed by atoms with Crippen LogP contribution in [0.5, 0.6) is 0 Å². The van der Waals surface area contributed by atoms with Gasteiger partial charge in [0.15, 0.2) is 0 Å². The molecular formula is C18H32N2O. The Morgan fingerprint density at radius 2 is 1.33 bits per heavy atom. The third-order valence-corrected chi connectivity index (χ3v) is 3.47. The highest BCUT2D eigenvalue weighted by Crippen LogP contribution is 2.19. The lowest BCUT2D eigenvalue weighted by atomic mass is 10.1. The molecule has 120 valence electrons. The van der Waals surface area contributed by atoms with Crippen molar-refractivity contribution in [2.45, 2.75) is 33.8 Å². The van der Waals surface area contributed by atoms with Crippen LogP contribution in [0.4, 0.5) is 5.69 Å². The van der Waals surface area contributed by atoms with Gasteiger partial charge < -0.3 is 10.0 Å². The highest BCUT2D eigenvalue weighted by atomic mass is 16.3. The Balaban J connectivity index is 2.69. The number of benzene rings is 1. The first-order valence-corrected chi connectivity index (χ1v) is 7.97. The van der Waals surface area contributed by atoms with Crippen LogP contribution in [-0.4, -0.2) is 43.7 Å². The normalized spacial score (nSPS) is 13.2. The van der Waals surface area contributed by atoms with E-state index in [1.165, 1.54) is 0 Å². The summed E-state index contributed by atoms with van der Waals surface area (Å²) in [5.41, 5.74) is 2.16. The predicted octanol–water partition coefficient (Wildman–Crippen LogP) is 3.40. The lowest BCUT2D eigenvalue weighted by Gasteiger charge is -2.28. The van der Waals surface area contributed by atoms with Crippen molar-refractivity contribution in [2.75, 3.05) is 38.6 Å². The summed E-state index contributed by atoms with van der Waals surface area (Å²) in [7, 11) is 4.05. The number of rotatable bonds is 8. The van der Waals surface area contributed by atoms with Crippen LogP contribution >= 0.6 is 0 Å². The first-order chi connectivity index (χ1) is 9.79. The average Bonchev–Trinajstić information content (AvgIpc) is 2.37. The number of aliphatic hydroxyl groups excluding tert-OH is 1. The summed E-state index contributed by atoms with van der Waals surface area (Å²) >= 11 is 0. The lowest BCUT2D eigenvalue weighted by Crippen LogP contribution is -2.35. The first-order valence-electron chi connectivity index (χ1n) is 7.97. The van der Waals surface area contributed by atoms with Gasteiger partial charge in [0, 0.05) is 39.4 Å². The summed E-state index contributed by atoms with van der Waals surface area (Å²) in [4.78, 5) is 4.44. The largest absolute Gasteiger partial charge is 0.387 e. The van der Waals surface area contributed by atoms with E-state index in [9.17, 15) is 5.11 Å². The Morgan fingerprint density at radius 1 is 0.857 bits per heavy atom. The number of aliphatic hydroxyl groups is 1. The van der Waals surface area contributed by atoms with E-state index in [0.717, 1.165) is 24.3 Å². The molecule has 1 rings (SSSR count). The maximum absolute atomic E-state index is 10.5. The van der Waals surface area contributed by atoms with Gasteiger partial charge in [-0.15, -0.1) is 0 Å². The highest BCUT2D eigenvalue weighted by Gasteiger charge is 2.16.